The van der Waals surface area contributed by atoms with E-state index in [-0.39, 0.29) is 5.91 Å². The number of pyridine rings is 1. The van der Waals surface area contributed by atoms with Crippen molar-refractivity contribution in [1.29, 1.82) is 0 Å². The molecular formula is C11H11N3O2. The number of nitrogens with zero attached hydrogens (tertiary/aromatic N) is 2. The van der Waals surface area contributed by atoms with Gasteiger partial charge in [-0.25, -0.2) is 4.98 Å². The molecule has 0 saturated heterocycles. The molecule has 1 amide bonds. The fourth-order valence-corrected chi connectivity index (χ4v) is 1.28. The minimum Gasteiger partial charge on any atom is -0.360 e. The van der Waals surface area contributed by atoms with E-state index in [0.717, 1.165) is 5.69 Å². The second-order valence-corrected chi connectivity index (χ2v) is 3.44. The normalized spacial score (nSPS) is 10.1. The molecule has 5 nitrogen and oxygen atoms in total. The number of aromatic nitrogens is 2. The first-order valence-corrected chi connectivity index (χ1v) is 4.83. The Morgan fingerprint density at radius 2 is 2.19 bits per heavy atom. The first kappa shape index (κ1) is 10.4. The molecule has 0 atom stereocenters. The van der Waals surface area contributed by atoms with Crippen LogP contribution in [0, 0.1) is 13.8 Å². The molecule has 0 aliphatic heterocycles. The van der Waals surface area contributed by atoms with E-state index in [1.54, 1.807) is 25.1 Å². The summed E-state index contributed by atoms with van der Waals surface area (Å²) >= 11 is 0. The lowest BCUT2D eigenvalue weighted by Gasteiger charge is -2.00. The topological polar surface area (TPSA) is 68.0 Å². The van der Waals surface area contributed by atoms with E-state index < -0.39 is 0 Å². The molecule has 2 aromatic rings. The lowest BCUT2D eigenvalue weighted by molar-refractivity contribution is 0.102. The fraction of sp³-hybridized carbons (Fsp3) is 0.182. The van der Waals surface area contributed by atoms with Gasteiger partial charge in [-0.15, -0.1) is 0 Å². The summed E-state index contributed by atoms with van der Waals surface area (Å²) in [6.07, 6.45) is 0. The van der Waals surface area contributed by atoms with Crippen LogP contribution in [0.4, 0.5) is 5.82 Å². The zero-order chi connectivity index (χ0) is 11.5. The summed E-state index contributed by atoms with van der Waals surface area (Å²) < 4.78 is 4.84. The summed E-state index contributed by atoms with van der Waals surface area (Å²) in [7, 11) is 0. The van der Waals surface area contributed by atoms with Gasteiger partial charge in [0, 0.05) is 11.8 Å². The highest BCUT2D eigenvalue weighted by molar-refractivity contribution is 6.02. The van der Waals surface area contributed by atoms with Crippen LogP contribution < -0.4 is 5.32 Å². The summed E-state index contributed by atoms with van der Waals surface area (Å²) in [6, 6.07) is 6.91. The van der Waals surface area contributed by atoms with Gasteiger partial charge in [-0.05, 0) is 26.0 Å². The van der Waals surface area contributed by atoms with Crippen LogP contribution in [0.3, 0.4) is 0 Å². The largest absolute Gasteiger partial charge is 0.360 e. The predicted octanol–water partition coefficient (Wildman–Crippen LogP) is 1.94. The number of nitrogens with one attached hydrogen (secondary N) is 1. The number of carbonyl (C=O) groups excluding carboxylic acids is 1. The number of carbonyl (C=O) groups is 1. The summed E-state index contributed by atoms with van der Waals surface area (Å²) in [5.41, 5.74) is 1.16. The third kappa shape index (κ3) is 2.25. The Balaban J connectivity index is 2.14. The van der Waals surface area contributed by atoms with Gasteiger partial charge in [-0.2, -0.15) is 0 Å². The number of rotatable bonds is 2. The lowest BCUT2D eigenvalue weighted by atomic mass is 10.3. The molecule has 0 fully saturated rings. The summed E-state index contributed by atoms with van der Waals surface area (Å²) in [4.78, 5) is 15.8. The van der Waals surface area contributed by atoms with E-state index in [1.165, 1.54) is 0 Å². The standard InChI is InChI=1S/C11H11N3O2/c1-7-4-3-5-9(12-7)11(15)13-10-6-8(2)16-14-10/h3-6H,1-2H3,(H,13,14,15). The zero-order valence-corrected chi connectivity index (χ0v) is 9.02. The molecule has 5 heteroatoms. The summed E-state index contributed by atoms with van der Waals surface area (Å²) in [6.45, 7) is 3.59. The van der Waals surface area contributed by atoms with Crippen LogP contribution in [-0.4, -0.2) is 16.0 Å². The Labute approximate surface area is 92.5 Å². The van der Waals surface area contributed by atoms with Crippen molar-refractivity contribution in [2.45, 2.75) is 13.8 Å². The third-order valence-corrected chi connectivity index (χ3v) is 1.99. The van der Waals surface area contributed by atoms with Crippen LogP contribution in [0.15, 0.2) is 28.8 Å². The molecule has 16 heavy (non-hydrogen) atoms. The quantitative estimate of drug-likeness (QED) is 0.834. The van der Waals surface area contributed by atoms with Gasteiger partial charge >= 0.3 is 0 Å². The maximum atomic E-state index is 11.7. The van der Waals surface area contributed by atoms with Gasteiger partial charge in [0.15, 0.2) is 5.82 Å². The highest BCUT2D eigenvalue weighted by Crippen LogP contribution is 2.08. The van der Waals surface area contributed by atoms with Crippen molar-refractivity contribution in [3.05, 3.63) is 41.4 Å². The van der Waals surface area contributed by atoms with Crippen molar-refractivity contribution in [2.75, 3.05) is 5.32 Å². The van der Waals surface area contributed by atoms with Gasteiger partial charge in [0.1, 0.15) is 11.5 Å². The first-order valence-electron chi connectivity index (χ1n) is 4.83. The molecule has 0 saturated carbocycles. The summed E-state index contributed by atoms with van der Waals surface area (Å²) in [5.74, 6) is 0.746. The summed E-state index contributed by atoms with van der Waals surface area (Å²) in [5, 5.41) is 6.27. The molecular weight excluding hydrogens is 206 g/mol. The highest BCUT2D eigenvalue weighted by Gasteiger charge is 2.09. The van der Waals surface area contributed by atoms with Crippen molar-refractivity contribution >= 4 is 11.7 Å². The number of hydrogen-bond donors (Lipinski definition) is 1. The molecule has 2 aromatic heterocycles. The predicted molar refractivity (Wildman–Crippen MR) is 58.2 cm³/mol. The first-order chi connectivity index (χ1) is 7.65. The molecule has 2 rings (SSSR count). The second-order valence-electron chi connectivity index (χ2n) is 3.44. The van der Waals surface area contributed by atoms with Crippen LogP contribution in [0.2, 0.25) is 0 Å². The Kier molecular flexibility index (Phi) is 2.68. The van der Waals surface area contributed by atoms with Gasteiger partial charge in [-0.1, -0.05) is 11.2 Å². The number of amides is 1. The van der Waals surface area contributed by atoms with Crippen LogP contribution in [0.25, 0.3) is 0 Å². The van der Waals surface area contributed by atoms with Gasteiger partial charge in [-0.3, -0.25) is 4.79 Å². The smallest absolute Gasteiger partial charge is 0.275 e. The Hall–Kier alpha value is -2.17. The monoisotopic (exact) mass is 217 g/mol. The number of aryl methyl sites for hydroxylation is 2. The van der Waals surface area contributed by atoms with Gasteiger partial charge in [0.05, 0.1) is 0 Å². The van der Waals surface area contributed by atoms with Crippen LogP contribution in [0.1, 0.15) is 21.9 Å². The fourth-order valence-electron chi connectivity index (χ4n) is 1.28. The van der Waals surface area contributed by atoms with Gasteiger partial charge in [0.25, 0.3) is 5.91 Å². The second kappa shape index (κ2) is 4.14. The minimum absolute atomic E-state index is 0.294. The molecule has 82 valence electrons. The van der Waals surface area contributed by atoms with E-state index in [2.05, 4.69) is 15.5 Å². The van der Waals surface area contributed by atoms with E-state index in [1.807, 2.05) is 13.0 Å². The molecule has 0 aliphatic rings. The van der Waals surface area contributed by atoms with Crippen molar-refractivity contribution in [3.63, 3.8) is 0 Å². The molecule has 0 spiro atoms. The Bertz CT molecular complexity index is 519. The average Bonchev–Trinajstić information content (AvgIpc) is 2.64. The molecule has 0 radical (unpaired) electrons. The van der Waals surface area contributed by atoms with E-state index >= 15 is 0 Å². The van der Waals surface area contributed by atoms with Crippen LogP contribution in [0.5, 0.6) is 0 Å². The van der Waals surface area contributed by atoms with Crippen molar-refractivity contribution in [2.24, 2.45) is 0 Å². The minimum atomic E-state index is -0.294. The molecule has 0 unspecified atom stereocenters. The average molecular weight is 217 g/mol. The SMILES string of the molecule is Cc1cccc(C(=O)Nc2cc(C)on2)n1. The van der Waals surface area contributed by atoms with Gasteiger partial charge < -0.3 is 9.84 Å². The van der Waals surface area contributed by atoms with Crippen molar-refractivity contribution in [3.8, 4) is 0 Å². The Morgan fingerprint density at radius 3 is 2.81 bits per heavy atom. The Morgan fingerprint density at radius 1 is 1.38 bits per heavy atom. The highest BCUT2D eigenvalue weighted by atomic mass is 16.5. The number of anilines is 1. The lowest BCUT2D eigenvalue weighted by Crippen LogP contribution is -2.14. The maximum absolute atomic E-state index is 11.7. The molecule has 1 N–H and O–H groups in total. The van der Waals surface area contributed by atoms with E-state index in [9.17, 15) is 4.79 Å². The molecule has 0 bridgehead atoms. The molecule has 0 aliphatic carbocycles. The molecule has 2 heterocycles. The van der Waals surface area contributed by atoms with Crippen molar-refractivity contribution < 1.29 is 9.32 Å². The van der Waals surface area contributed by atoms with Crippen LogP contribution in [-0.2, 0) is 0 Å². The zero-order valence-electron chi connectivity index (χ0n) is 9.02. The van der Waals surface area contributed by atoms with Crippen LogP contribution >= 0.6 is 0 Å². The van der Waals surface area contributed by atoms with Gasteiger partial charge in [0.2, 0.25) is 0 Å². The van der Waals surface area contributed by atoms with Crippen molar-refractivity contribution in [1.82, 2.24) is 10.1 Å². The molecule has 0 aromatic carbocycles. The van der Waals surface area contributed by atoms with E-state index in [4.69, 9.17) is 4.52 Å². The third-order valence-electron chi connectivity index (χ3n) is 1.99. The van der Waals surface area contributed by atoms with E-state index in [0.29, 0.717) is 17.3 Å². The maximum Gasteiger partial charge on any atom is 0.275 e. The number of hydrogen-bond acceptors (Lipinski definition) is 4.